The van der Waals surface area contributed by atoms with Crippen molar-refractivity contribution in [3.05, 3.63) is 66.7 Å². The van der Waals surface area contributed by atoms with Gasteiger partial charge in [0.15, 0.2) is 6.61 Å². The lowest BCUT2D eigenvalue weighted by molar-refractivity contribution is -0.118. The molecule has 0 radical (unpaired) electrons. The van der Waals surface area contributed by atoms with E-state index in [0.29, 0.717) is 12.4 Å². The number of carbonyl (C=O) groups is 1. The van der Waals surface area contributed by atoms with Gasteiger partial charge in [-0.05, 0) is 30.0 Å². The quantitative estimate of drug-likeness (QED) is 0.396. The Balaban J connectivity index is 1.47. The maximum Gasteiger partial charge on any atom is 0.262 e. The van der Waals surface area contributed by atoms with Gasteiger partial charge in [0.25, 0.3) is 5.91 Å². The third-order valence-electron chi connectivity index (χ3n) is 4.76. The molecule has 0 saturated heterocycles. The standard InChI is InChI=1S/C25H29NO3/c1-2-3-4-5-8-17-28-21-13-10-14-22(18-21)29-19-25(27)26-24-16-9-12-20-11-6-7-15-23(20)24/h6-7,9-16,18H,2-5,8,17,19H2,1H3,(H,26,27). The predicted molar refractivity (Wildman–Crippen MR) is 119 cm³/mol. The Labute approximate surface area is 172 Å². The van der Waals surface area contributed by atoms with Crippen LogP contribution in [0.15, 0.2) is 66.7 Å². The summed E-state index contributed by atoms with van der Waals surface area (Å²) in [5.41, 5.74) is 0.789. The second-order valence-corrected chi connectivity index (χ2v) is 7.10. The summed E-state index contributed by atoms with van der Waals surface area (Å²) in [7, 11) is 0. The molecule has 0 atom stereocenters. The Hall–Kier alpha value is -3.01. The third-order valence-corrected chi connectivity index (χ3v) is 4.76. The fraction of sp³-hybridized carbons (Fsp3) is 0.320. The number of nitrogens with one attached hydrogen (secondary N) is 1. The van der Waals surface area contributed by atoms with E-state index < -0.39 is 0 Å². The van der Waals surface area contributed by atoms with Gasteiger partial charge >= 0.3 is 0 Å². The molecule has 3 aromatic rings. The van der Waals surface area contributed by atoms with Crippen molar-refractivity contribution in [1.82, 2.24) is 0 Å². The lowest BCUT2D eigenvalue weighted by atomic mass is 10.1. The van der Waals surface area contributed by atoms with E-state index in [2.05, 4.69) is 12.2 Å². The largest absolute Gasteiger partial charge is 0.493 e. The molecule has 1 N–H and O–H groups in total. The topological polar surface area (TPSA) is 47.6 Å². The highest BCUT2D eigenvalue weighted by Crippen LogP contribution is 2.23. The summed E-state index contributed by atoms with van der Waals surface area (Å²) >= 11 is 0. The van der Waals surface area contributed by atoms with Gasteiger partial charge in [-0.2, -0.15) is 0 Å². The minimum Gasteiger partial charge on any atom is -0.493 e. The van der Waals surface area contributed by atoms with Crippen LogP contribution in [0.2, 0.25) is 0 Å². The van der Waals surface area contributed by atoms with E-state index in [9.17, 15) is 4.79 Å². The Bertz CT molecular complexity index is 917. The molecular formula is C25H29NO3. The van der Waals surface area contributed by atoms with Crippen LogP contribution in [-0.2, 0) is 4.79 Å². The number of unbranched alkanes of at least 4 members (excludes halogenated alkanes) is 4. The second kappa shape index (κ2) is 11.1. The van der Waals surface area contributed by atoms with Crippen molar-refractivity contribution in [2.45, 2.75) is 39.0 Å². The van der Waals surface area contributed by atoms with Crippen LogP contribution in [0.4, 0.5) is 5.69 Å². The zero-order valence-electron chi connectivity index (χ0n) is 17.0. The van der Waals surface area contributed by atoms with Crippen molar-refractivity contribution in [2.75, 3.05) is 18.5 Å². The molecule has 152 valence electrons. The smallest absolute Gasteiger partial charge is 0.262 e. The van der Waals surface area contributed by atoms with Crippen LogP contribution in [0.1, 0.15) is 39.0 Å². The predicted octanol–water partition coefficient (Wildman–Crippen LogP) is 6.21. The maximum atomic E-state index is 12.3. The van der Waals surface area contributed by atoms with Gasteiger partial charge in [-0.15, -0.1) is 0 Å². The number of hydrogen-bond donors (Lipinski definition) is 1. The first kappa shape index (κ1) is 20.7. The number of carbonyl (C=O) groups excluding carboxylic acids is 1. The van der Waals surface area contributed by atoms with E-state index >= 15 is 0 Å². The van der Waals surface area contributed by atoms with E-state index in [-0.39, 0.29) is 12.5 Å². The molecule has 0 heterocycles. The van der Waals surface area contributed by atoms with Crippen LogP contribution in [0.3, 0.4) is 0 Å². The van der Waals surface area contributed by atoms with Gasteiger partial charge in [0.2, 0.25) is 0 Å². The molecule has 4 heteroatoms. The van der Waals surface area contributed by atoms with E-state index in [1.54, 1.807) is 0 Å². The Morgan fingerprint density at radius 1 is 0.828 bits per heavy atom. The average molecular weight is 392 g/mol. The SMILES string of the molecule is CCCCCCCOc1cccc(OCC(=O)Nc2cccc3ccccc23)c1. The molecule has 0 unspecified atom stereocenters. The molecule has 3 aromatic carbocycles. The molecule has 0 bridgehead atoms. The van der Waals surface area contributed by atoms with Crippen LogP contribution in [0, 0.1) is 0 Å². The van der Waals surface area contributed by atoms with Gasteiger partial charge in [0.05, 0.1) is 6.61 Å². The summed E-state index contributed by atoms with van der Waals surface area (Å²) < 4.78 is 11.5. The average Bonchev–Trinajstić information content (AvgIpc) is 2.75. The van der Waals surface area contributed by atoms with Crippen LogP contribution < -0.4 is 14.8 Å². The molecule has 0 saturated carbocycles. The molecule has 0 aromatic heterocycles. The number of amides is 1. The highest BCUT2D eigenvalue weighted by Gasteiger charge is 2.07. The van der Waals surface area contributed by atoms with Crippen LogP contribution in [0.5, 0.6) is 11.5 Å². The van der Waals surface area contributed by atoms with Gasteiger partial charge in [0.1, 0.15) is 11.5 Å². The van der Waals surface area contributed by atoms with Crippen LogP contribution in [0.25, 0.3) is 10.8 Å². The lowest BCUT2D eigenvalue weighted by Crippen LogP contribution is -2.20. The highest BCUT2D eigenvalue weighted by molar-refractivity contribution is 6.02. The van der Waals surface area contributed by atoms with E-state index in [0.717, 1.165) is 28.6 Å². The normalized spacial score (nSPS) is 10.7. The number of benzene rings is 3. The van der Waals surface area contributed by atoms with Gasteiger partial charge in [-0.3, -0.25) is 4.79 Å². The molecule has 0 aliphatic rings. The fourth-order valence-electron chi connectivity index (χ4n) is 3.22. The van der Waals surface area contributed by atoms with Crippen molar-refractivity contribution in [3.63, 3.8) is 0 Å². The summed E-state index contributed by atoms with van der Waals surface area (Å²) in [5.74, 6) is 1.21. The number of fused-ring (bicyclic) bond motifs is 1. The molecule has 0 fully saturated rings. The van der Waals surface area contributed by atoms with Gasteiger partial charge in [-0.25, -0.2) is 0 Å². The molecule has 3 rings (SSSR count). The number of rotatable bonds is 11. The molecule has 0 aliphatic heterocycles. The number of anilines is 1. The summed E-state index contributed by atoms with van der Waals surface area (Å²) in [6.07, 6.45) is 6.03. The Morgan fingerprint density at radius 3 is 2.41 bits per heavy atom. The van der Waals surface area contributed by atoms with Crippen molar-refractivity contribution >= 4 is 22.4 Å². The first-order chi connectivity index (χ1) is 14.3. The number of hydrogen-bond acceptors (Lipinski definition) is 3. The first-order valence-electron chi connectivity index (χ1n) is 10.4. The molecule has 1 amide bonds. The minimum atomic E-state index is -0.191. The molecule has 0 spiro atoms. The number of ether oxygens (including phenoxy) is 2. The second-order valence-electron chi connectivity index (χ2n) is 7.10. The lowest BCUT2D eigenvalue weighted by Gasteiger charge is -2.11. The van der Waals surface area contributed by atoms with Crippen molar-refractivity contribution in [1.29, 1.82) is 0 Å². The molecular weight excluding hydrogens is 362 g/mol. The van der Waals surface area contributed by atoms with Crippen molar-refractivity contribution in [3.8, 4) is 11.5 Å². The first-order valence-corrected chi connectivity index (χ1v) is 10.4. The van der Waals surface area contributed by atoms with Gasteiger partial charge in [0, 0.05) is 17.1 Å². The fourth-order valence-corrected chi connectivity index (χ4v) is 3.22. The zero-order valence-corrected chi connectivity index (χ0v) is 17.0. The monoisotopic (exact) mass is 391 g/mol. The zero-order chi connectivity index (χ0) is 20.3. The highest BCUT2D eigenvalue weighted by atomic mass is 16.5. The summed E-state index contributed by atoms with van der Waals surface area (Å²) in [6.45, 7) is 2.86. The summed E-state index contributed by atoms with van der Waals surface area (Å²) in [6, 6.07) is 21.3. The maximum absolute atomic E-state index is 12.3. The summed E-state index contributed by atoms with van der Waals surface area (Å²) in [5, 5.41) is 5.03. The summed E-state index contributed by atoms with van der Waals surface area (Å²) in [4.78, 5) is 12.3. The van der Waals surface area contributed by atoms with Crippen molar-refractivity contribution < 1.29 is 14.3 Å². The van der Waals surface area contributed by atoms with E-state index in [4.69, 9.17) is 9.47 Å². The molecule has 29 heavy (non-hydrogen) atoms. The van der Waals surface area contributed by atoms with Crippen LogP contribution in [-0.4, -0.2) is 19.1 Å². The minimum absolute atomic E-state index is 0.0519. The molecule has 4 nitrogen and oxygen atoms in total. The van der Waals surface area contributed by atoms with E-state index in [1.165, 1.54) is 25.7 Å². The molecule has 0 aliphatic carbocycles. The van der Waals surface area contributed by atoms with Gasteiger partial charge in [-0.1, -0.05) is 75.1 Å². The van der Waals surface area contributed by atoms with Crippen LogP contribution >= 0.6 is 0 Å². The van der Waals surface area contributed by atoms with Gasteiger partial charge < -0.3 is 14.8 Å². The Morgan fingerprint density at radius 2 is 1.55 bits per heavy atom. The third kappa shape index (κ3) is 6.53. The van der Waals surface area contributed by atoms with Crippen molar-refractivity contribution in [2.24, 2.45) is 0 Å². The Kier molecular flexibility index (Phi) is 7.93. The van der Waals surface area contributed by atoms with E-state index in [1.807, 2.05) is 66.7 Å².